The summed E-state index contributed by atoms with van der Waals surface area (Å²) >= 11 is 0. The van der Waals surface area contributed by atoms with E-state index in [1.807, 2.05) is 13.0 Å². The van der Waals surface area contributed by atoms with Crippen LogP contribution in [-0.2, 0) is 6.42 Å². The Morgan fingerprint density at radius 2 is 2.33 bits per heavy atom. The van der Waals surface area contributed by atoms with Crippen LogP contribution in [0.3, 0.4) is 0 Å². The fourth-order valence-electron chi connectivity index (χ4n) is 1.35. The summed E-state index contributed by atoms with van der Waals surface area (Å²) in [5.41, 5.74) is 1.07. The quantitative estimate of drug-likeness (QED) is 0.746. The lowest BCUT2D eigenvalue weighted by molar-refractivity contribution is 0.813. The fourth-order valence-corrected chi connectivity index (χ4v) is 1.35. The van der Waals surface area contributed by atoms with Crippen molar-refractivity contribution in [2.24, 2.45) is 0 Å². The van der Waals surface area contributed by atoms with Crippen LogP contribution >= 0.6 is 0 Å². The molecule has 1 aromatic heterocycles. The van der Waals surface area contributed by atoms with Gasteiger partial charge in [0.15, 0.2) is 0 Å². The molecule has 0 bridgehead atoms. The van der Waals surface area contributed by atoms with E-state index in [0.717, 1.165) is 24.4 Å². The van der Waals surface area contributed by atoms with Crippen molar-refractivity contribution in [2.45, 2.75) is 39.2 Å². The predicted octanol–water partition coefficient (Wildman–Crippen LogP) is 2.25. The fraction of sp³-hybridized carbons (Fsp3) is 0.500. The second-order valence-electron chi connectivity index (χ2n) is 3.60. The molecule has 0 saturated carbocycles. The van der Waals surface area contributed by atoms with Crippen LogP contribution in [0.25, 0.3) is 0 Å². The SMILES string of the molecule is C#CCC(C)Nc1cc(CCC)ncn1. The van der Waals surface area contributed by atoms with Gasteiger partial charge < -0.3 is 5.32 Å². The van der Waals surface area contributed by atoms with E-state index in [4.69, 9.17) is 6.42 Å². The third kappa shape index (κ3) is 3.99. The van der Waals surface area contributed by atoms with Crippen molar-refractivity contribution in [2.75, 3.05) is 5.32 Å². The number of terminal acetylenes is 1. The smallest absolute Gasteiger partial charge is 0.129 e. The van der Waals surface area contributed by atoms with Crippen molar-refractivity contribution < 1.29 is 0 Å². The van der Waals surface area contributed by atoms with Gasteiger partial charge in [0.25, 0.3) is 0 Å². The first-order valence-corrected chi connectivity index (χ1v) is 5.27. The van der Waals surface area contributed by atoms with Gasteiger partial charge in [0.2, 0.25) is 0 Å². The lowest BCUT2D eigenvalue weighted by Crippen LogP contribution is -2.15. The van der Waals surface area contributed by atoms with Crippen LogP contribution in [0.15, 0.2) is 12.4 Å². The molecule has 80 valence electrons. The summed E-state index contributed by atoms with van der Waals surface area (Å²) in [5, 5.41) is 3.25. The minimum atomic E-state index is 0.249. The van der Waals surface area contributed by atoms with Gasteiger partial charge >= 0.3 is 0 Å². The molecule has 3 heteroatoms. The van der Waals surface area contributed by atoms with E-state index < -0.39 is 0 Å². The third-order valence-corrected chi connectivity index (χ3v) is 2.05. The predicted molar refractivity (Wildman–Crippen MR) is 62.6 cm³/mol. The van der Waals surface area contributed by atoms with E-state index in [0.29, 0.717) is 6.42 Å². The Kier molecular flexibility index (Phi) is 4.62. The Hall–Kier alpha value is -1.56. The molecule has 0 radical (unpaired) electrons. The second kappa shape index (κ2) is 6.02. The van der Waals surface area contributed by atoms with Gasteiger partial charge in [0.05, 0.1) is 0 Å². The molecule has 0 aliphatic carbocycles. The van der Waals surface area contributed by atoms with Crippen molar-refractivity contribution in [3.8, 4) is 12.3 Å². The molecular weight excluding hydrogens is 186 g/mol. The summed E-state index contributed by atoms with van der Waals surface area (Å²) in [6.07, 6.45) is 9.61. The molecule has 1 rings (SSSR count). The second-order valence-corrected chi connectivity index (χ2v) is 3.60. The highest BCUT2D eigenvalue weighted by molar-refractivity contribution is 5.36. The number of hydrogen-bond acceptors (Lipinski definition) is 3. The van der Waals surface area contributed by atoms with Gasteiger partial charge in [0, 0.05) is 24.2 Å². The highest BCUT2D eigenvalue weighted by atomic mass is 15.0. The Morgan fingerprint density at radius 3 is 3.00 bits per heavy atom. The van der Waals surface area contributed by atoms with E-state index in [-0.39, 0.29) is 6.04 Å². The van der Waals surface area contributed by atoms with Crippen LogP contribution in [0, 0.1) is 12.3 Å². The van der Waals surface area contributed by atoms with Gasteiger partial charge in [-0.15, -0.1) is 12.3 Å². The molecule has 1 heterocycles. The van der Waals surface area contributed by atoms with E-state index in [2.05, 4.69) is 28.1 Å². The topological polar surface area (TPSA) is 37.8 Å². The molecule has 15 heavy (non-hydrogen) atoms. The third-order valence-electron chi connectivity index (χ3n) is 2.05. The van der Waals surface area contributed by atoms with Crippen LogP contribution in [0.2, 0.25) is 0 Å². The molecule has 0 aromatic carbocycles. The van der Waals surface area contributed by atoms with Crippen molar-refractivity contribution in [3.63, 3.8) is 0 Å². The summed E-state index contributed by atoms with van der Waals surface area (Å²) in [5.74, 6) is 3.48. The molecule has 0 fully saturated rings. The molecule has 1 aromatic rings. The van der Waals surface area contributed by atoms with E-state index in [1.54, 1.807) is 6.33 Å². The number of rotatable bonds is 5. The number of nitrogens with one attached hydrogen (secondary N) is 1. The van der Waals surface area contributed by atoms with Gasteiger partial charge in [0.1, 0.15) is 12.1 Å². The average Bonchev–Trinajstić information content (AvgIpc) is 2.19. The monoisotopic (exact) mass is 203 g/mol. The molecule has 0 aliphatic rings. The zero-order valence-electron chi connectivity index (χ0n) is 9.33. The highest BCUT2D eigenvalue weighted by Crippen LogP contribution is 2.08. The van der Waals surface area contributed by atoms with E-state index >= 15 is 0 Å². The van der Waals surface area contributed by atoms with Crippen molar-refractivity contribution in [3.05, 3.63) is 18.1 Å². The maximum absolute atomic E-state index is 5.24. The zero-order chi connectivity index (χ0) is 11.1. The average molecular weight is 203 g/mol. The van der Waals surface area contributed by atoms with Gasteiger partial charge in [-0.3, -0.25) is 0 Å². The molecule has 3 nitrogen and oxygen atoms in total. The lowest BCUT2D eigenvalue weighted by Gasteiger charge is -2.11. The van der Waals surface area contributed by atoms with Gasteiger partial charge in [-0.1, -0.05) is 13.3 Å². The summed E-state index contributed by atoms with van der Waals surface area (Å²) in [7, 11) is 0. The number of anilines is 1. The number of hydrogen-bond donors (Lipinski definition) is 1. The first kappa shape index (κ1) is 11.5. The van der Waals surface area contributed by atoms with Gasteiger partial charge in [-0.25, -0.2) is 9.97 Å². The maximum Gasteiger partial charge on any atom is 0.129 e. The maximum atomic E-state index is 5.24. The van der Waals surface area contributed by atoms with Crippen molar-refractivity contribution in [1.29, 1.82) is 0 Å². The largest absolute Gasteiger partial charge is 0.367 e. The highest BCUT2D eigenvalue weighted by Gasteiger charge is 2.02. The minimum Gasteiger partial charge on any atom is -0.367 e. The van der Waals surface area contributed by atoms with Crippen molar-refractivity contribution >= 4 is 5.82 Å². The summed E-state index contributed by atoms with van der Waals surface area (Å²) < 4.78 is 0. The first-order valence-electron chi connectivity index (χ1n) is 5.27. The molecule has 1 atom stereocenters. The Balaban J connectivity index is 2.61. The summed E-state index contributed by atoms with van der Waals surface area (Å²) in [4.78, 5) is 8.34. The zero-order valence-corrected chi connectivity index (χ0v) is 9.33. The number of aromatic nitrogens is 2. The molecule has 0 spiro atoms. The number of nitrogens with zero attached hydrogens (tertiary/aromatic N) is 2. The standard InChI is InChI=1S/C12H17N3/c1-4-6-10(3)15-12-8-11(7-5-2)13-9-14-12/h1,8-10H,5-7H2,2-3H3,(H,13,14,15). The Morgan fingerprint density at radius 1 is 1.53 bits per heavy atom. The Bertz CT molecular complexity index is 341. The van der Waals surface area contributed by atoms with Gasteiger partial charge in [-0.2, -0.15) is 0 Å². The van der Waals surface area contributed by atoms with Crippen LogP contribution in [0.1, 0.15) is 32.4 Å². The van der Waals surface area contributed by atoms with Gasteiger partial charge in [-0.05, 0) is 13.3 Å². The van der Waals surface area contributed by atoms with Crippen LogP contribution in [-0.4, -0.2) is 16.0 Å². The summed E-state index contributed by atoms with van der Waals surface area (Å²) in [6, 6.07) is 2.23. The summed E-state index contributed by atoms with van der Waals surface area (Å²) in [6.45, 7) is 4.18. The minimum absolute atomic E-state index is 0.249. The molecule has 0 amide bonds. The van der Waals surface area contributed by atoms with Crippen molar-refractivity contribution in [1.82, 2.24) is 9.97 Å². The molecular formula is C12H17N3. The Labute approximate surface area is 91.3 Å². The molecule has 0 saturated heterocycles. The van der Waals surface area contributed by atoms with Crippen LogP contribution < -0.4 is 5.32 Å². The lowest BCUT2D eigenvalue weighted by atomic mass is 10.2. The number of aryl methyl sites for hydroxylation is 1. The first-order chi connectivity index (χ1) is 7.26. The molecule has 0 aliphatic heterocycles. The van der Waals surface area contributed by atoms with E-state index in [1.165, 1.54) is 0 Å². The van der Waals surface area contributed by atoms with Crippen LogP contribution in [0.5, 0.6) is 0 Å². The molecule has 1 unspecified atom stereocenters. The van der Waals surface area contributed by atoms with E-state index in [9.17, 15) is 0 Å². The molecule has 1 N–H and O–H groups in total. The normalized spacial score (nSPS) is 11.8. The van der Waals surface area contributed by atoms with Crippen LogP contribution in [0.4, 0.5) is 5.82 Å².